The van der Waals surface area contributed by atoms with Crippen molar-refractivity contribution in [2.75, 3.05) is 33.2 Å². The molecule has 1 aliphatic rings. The van der Waals surface area contributed by atoms with Crippen molar-refractivity contribution in [3.05, 3.63) is 35.6 Å². The molecule has 20 heavy (non-hydrogen) atoms. The summed E-state index contributed by atoms with van der Waals surface area (Å²) >= 11 is 0. The van der Waals surface area contributed by atoms with Crippen molar-refractivity contribution >= 4 is 0 Å². The first kappa shape index (κ1) is 15.5. The predicted octanol–water partition coefficient (Wildman–Crippen LogP) is 3.08. The highest BCUT2D eigenvalue weighted by Crippen LogP contribution is 2.17. The molecule has 0 unspecified atom stereocenters. The summed E-state index contributed by atoms with van der Waals surface area (Å²) in [7, 11) is 2.04. The summed E-state index contributed by atoms with van der Waals surface area (Å²) in [4.78, 5) is 2.59. The van der Waals surface area contributed by atoms with Crippen LogP contribution in [0, 0.1) is 11.7 Å². The molecule has 0 atom stereocenters. The number of nitrogens with zero attached hydrogens (tertiary/aromatic N) is 1. The van der Waals surface area contributed by atoms with E-state index in [1.807, 2.05) is 19.2 Å². The number of piperidine rings is 1. The van der Waals surface area contributed by atoms with Crippen LogP contribution < -0.4 is 5.32 Å². The molecule has 1 fully saturated rings. The number of benzene rings is 1. The van der Waals surface area contributed by atoms with Crippen molar-refractivity contribution in [3.8, 4) is 0 Å². The largest absolute Gasteiger partial charge is 0.319 e. The summed E-state index contributed by atoms with van der Waals surface area (Å²) in [6.45, 7) is 4.89. The van der Waals surface area contributed by atoms with Crippen molar-refractivity contribution < 1.29 is 4.39 Å². The molecular weight excluding hydrogens is 251 g/mol. The van der Waals surface area contributed by atoms with Crippen LogP contribution in [-0.4, -0.2) is 38.1 Å². The van der Waals surface area contributed by atoms with E-state index >= 15 is 0 Å². The predicted molar refractivity (Wildman–Crippen MR) is 82.4 cm³/mol. The minimum atomic E-state index is -0.141. The Morgan fingerprint density at radius 3 is 2.50 bits per heavy atom. The summed E-state index contributed by atoms with van der Waals surface area (Å²) in [5, 5.41) is 3.28. The highest BCUT2D eigenvalue weighted by atomic mass is 19.1. The lowest BCUT2D eigenvalue weighted by atomic mass is 9.96. The van der Waals surface area contributed by atoms with Gasteiger partial charge >= 0.3 is 0 Å². The van der Waals surface area contributed by atoms with Gasteiger partial charge in [-0.25, -0.2) is 4.39 Å². The maximum atomic E-state index is 12.8. The second-order valence-corrected chi connectivity index (χ2v) is 5.93. The van der Waals surface area contributed by atoms with Crippen molar-refractivity contribution in [2.45, 2.75) is 32.1 Å². The van der Waals surface area contributed by atoms with Gasteiger partial charge in [0.1, 0.15) is 5.82 Å². The summed E-state index contributed by atoms with van der Waals surface area (Å²) in [6.07, 6.45) is 6.17. The molecule has 112 valence electrons. The van der Waals surface area contributed by atoms with Gasteiger partial charge in [-0.2, -0.15) is 0 Å². The van der Waals surface area contributed by atoms with E-state index < -0.39 is 0 Å². The zero-order valence-corrected chi connectivity index (χ0v) is 12.6. The number of nitrogens with one attached hydrogen (secondary N) is 1. The van der Waals surface area contributed by atoms with Gasteiger partial charge in [-0.15, -0.1) is 0 Å². The van der Waals surface area contributed by atoms with E-state index in [0.29, 0.717) is 0 Å². The fraction of sp³-hybridized carbons (Fsp3) is 0.647. The second-order valence-electron chi connectivity index (χ2n) is 5.93. The molecule has 2 nitrogen and oxygen atoms in total. The van der Waals surface area contributed by atoms with E-state index in [1.54, 1.807) is 12.1 Å². The van der Waals surface area contributed by atoms with Crippen LogP contribution in [0.25, 0.3) is 0 Å². The molecule has 0 amide bonds. The quantitative estimate of drug-likeness (QED) is 0.771. The maximum absolute atomic E-state index is 12.8. The molecule has 0 saturated carbocycles. The third-order valence-corrected chi connectivity index (χ3v) is 4.30. The molecule has 0 spiro atoms. The molecule has 2 rings (SSSR count). The first-order valence-corrected chi connectivity index (χ1v) is 7.89. The van der Waals surface area contributed by atoms with Gasteiger partial charge < -0.3 is 10.2 Å². The van der Waals surface area contributed by atoms with Crippen LogP contribution in [0.1, 0.15) is 31.2 Å². The van der Waals surface area contributed by atoms with Crippen molar-refractivity contribution in [1.29, 1.82) is 0 Å². The molecule has 1 aliphatic heterocycles. The summed E-state index contributed by atoms with van der Waals surface area (Å²) in [5.41, 5.74) is 1.25. The average Bonchev–Trinajstić information content (AvgIpc) is 2.47. The second kappa shape index (κ2) is 8.38. The van der Waals surface area contributed by atoms with Crippen molar-refractivity contribution in [1.82, 2.24) is 10.2 Å². The molecule has 1 aromatic carbocycles. The highest BCUT2D eigenvalue weighted by Gasteiger charge is 2.17. The monoisotopic (exact) mass is 278 g/mol. The third-order valence-electron chi connectivity index (χ3n) is 4.30. The number of halogens is 1. The third kappa shape index (κ3) is 5.22. The maximum Gasteiger partial charge on any atom is 0.123 e. The number of rotatable bonds is 7. The number of likely N-dealkylation sites (tertiary alicyclic amines) is 1. The van der Waals surface area contributed by atoms with E-state index in [2.05, 4.69) is 10.2 Å². The summed E-state index contributed by atoms with van der Waals surface area (Å²) in [6, 6.07) is 6.92. The van der Waals surface area contributed by atoms with Crippen LogP contribution in [-0.2, 0) is 6.42 Å². The Hall–Kier alpha value is -0.930. The Balaban J connectivity index is 1.56. The molecule has 1 saturated heterocycles. The number of aryl methyl sites for hydroxylation is 1. The molecule has 0 aliphatic carbocycles. The average molecular weight is 278 g/mol. The molecule has 1 heterocycles. The number of unbranched alkanes of at least 4 members (excludes halogenated alkanes) is 1. The molecule has 3 heteroatoms. The van der Waals surface area contributed by atoms with Crippen LogP contribution in [0.5, 0.6) is 0 Å². The lowest BCUT2D eigenvalue weighted by Crippen LogP contribution is -2.37. The summed E-state index contributed by atoms with van der Waals surface area (Å²) < 4.78 is 12.8. The van der Waals surface area contributed by atoms with Gasteiger partial charge in [-0.1, -0.05) is 12.1 Å². The fourth-order valence-corrected chi connectivity index (χ4v) is 3.02. The van der Waals surface area contributed by atoms with E-state index in [-0.39, 0.29) is 5.82 Å². The van der Waals surface area contributed by atoms with E-state index in [4.69, 9.17) is 0 Å². The van der Waals surface area contributed by atoms with Crippen molar-refractivity contribution in [3.63, 3.8) is 0 Å². The topological polar surface area (TPSA) is 15.3 Å². The van der Waals surface area contributed by atoms with Gasteiger partial charge in [0.2, 0.25) is 0 Å². The van der Waals surface area contributed by atoms with Gasteiger partial charge in [0.05, 0.1) is 0 Å². The lowest BCUT2D eigenvalue weighted by molar-refractivity contribution is 0.181. The minimum absolute atomic E-state index is 0.141. The van der Waals surface area contributed by atoms with E-state index in [9.17, 15) is 4.39 Å². The zero-order valence-electron chi connectivity index (χ0n) is 12.6. The van der Waals surface area contributed by atoms with E-state index in [1.165, 1.54) is 57.4 Å². The van der Waals surface area contributed by atoms with Crippen LogP contribution in [0.4, 0.5) is 4.39 Å². The summed E-state index contributed by atoms with van der Waals surface area (Å²) in [5.74, 6) is 0.730. The lowest BCUT2D eigenvalue weighted by Gasteiger charge is -2.31. The SMILES string of the molecule is CNCC1CCN(CCCCc2ccc(F)cc2)CC1. The molecule has 1 aromatic rings. The standard InChI is InChI=1S/C17H27FN2/c1-19-14-16-9-12-20(13-10-16)11-3-2-4-15-5-7-17(18)8-6-15/h5-8,16,19H,2-4,9-14H2,1H3. The highest BCUT2D eigenvalue weighted by molar-refractivity contribution is 5.15. The van der Waals surface area contributed by atoms with Gasteiger partial charge in [0.25, 0.3) is 0 Å². The Morgan fingerprint density at radius 2 is 1.85 bits per heavy atom. The van der Waals surface area contributed by atoms with Gasteiger partial charge in [-0.3, -0.25) is 0 Å². The first-order valence-electron chi connectivity index (χ1n) is 7.89. The molecular formula is C17H27FN2. The molecule has 0 bridgehead atoms. The van der Waals surface area contributed by atoms with Gasteiger partial charge in [0.15, 0.2) is 0 Å². The number of hydrogen-bond donors (Lipinski definition) is 1. The Labute approximate surface area is 122 Å². The normalized spacial score (nSPS) is 17.5. The van der Waals surface area contributed by atoms with E-state index in [0.717, 1.165) is 12.3 Å². The Kier molecular flexibility index (Phi) is 6.48. The number of hydrogen-bond acceptors (Lipinski definition) is 2. The first-order chi connectivity index (χ1) is 9.78. The molecule has 1 N–H and O–H groups in total. The molecule has 0 aromatic heterocycles. The Morgan fingerprint density at radius 1 is 1.15 bits per heavy atom. The van der Waals surface area contributed by atoms with Crippen molar-refractivity contribution in [2.24, 2.45) is 5.92 Å². The van der Waals surface area contributed by atoms with Gasteiger partial charge in [-0.05, 0) is 88.9 Å². The van der Waals surface area contributed by atoms with Crippen LogP contribution in [0.3, 0.4) is 0 Å². The zero-order chi connectivity index (χ0) is 14.2. The van der Waals surface area contributed by atoms with Crippen LogP contribution in [0.2, 0.25) is 0 Å². The molecule has 0 radical (unpaired) electrons. The minimum Gasteiger partial charge on any atom is -0.319 e. The van der Waals surface area contributed by atoms with Crippen LogP contribution >= 0.6 is 0 Å². The van der Waals surface area contributed by atoms with Crippen LogP contribution in [0.15, 0.2) is 24.3 Å². The Bertz CT molecular complexity index is 369. The van der Waals surface area contributed by atoms with Gasteiger partial charge in [0, 0.05) is 0 Å². The fourth-order valence-electron chi connectivity index (χ4n) is 3.02. The smallest absolute Gasteiger partial charge is 0.123 e.